The summed E-state index contributed by atoms with van der Waals surface area (Å²) in [6, 6.07) is 6.26. The van der Waals surface area contributed by atoms with Crippen LogP contribution in [0.25, 0.3) is 0 Å². The van der Waals surface area contributed by atoms with Gasteiger partial charge >= 0.3 is 0 Å². The maximum atomic E-state index is 5.95. The highest BCUT2D eigenvalue weighted by atomic mass is 16.5. The summed E-state index contributed by atoms with van der Waals surface area (Å²) in [6.45, 7) is 8.06. The molecule has 0 radical (unpaired) electrons. The van der Waals surface area contributed by atoms with Crippen molar-refractivity contribution in [1.29, 1.82) is 0 Å². The Kier molecular flexibility index (Phi) is 5.63. The van der Waals surface area contributed by atoms with Crippen molar-refractivity contribution in [1.82, 2.24) is 5.32 Å². The van der Waals surface area contributed by atoms with Crippen LogP contribution in [0.2, 0.25) is 0 Å². The van der Waals surface area contributed by atoms with Crippen LogP contribution in [0.15, 0.2) is 18.2 Å². The topological polar surface area (TPSA) is 47.3 Å². The van der Waals surface area contributed by atoms with E-state index in [1.807, 2.05) is 6.07 Å². The number of methoxy groups -OCH3 is 1. The summed E-state index contributed by atoms with van der Waals surface area (Å²) in [7, 11) is 1.71. The summed E-state index contributed by atoms with van der Waals surface area (Å²) >= 11 is 0. The number of ether oxygens (including phenoxy) is 1. The van der Waals surface area contributed by atoms with Crippen molar-refractivity contribution in [3.63, 3.8) is 0 Å². The second-order valence-corrected chi connectivity index (χ2v) is 5.58. The van der Waals surface area contributed by atoms with Gasteiger partial charge in [0.05, 0.1) is 7.11 Å². The van der Waals surface area contributed by atoms with Gasteiger partial charge in [-0.1, -0.05) is 17.7 Å². The fourth-order valence-corrected chi connectivity index (χ4v) is 1.94. The molecule has 0 aromatic heterocycles. The van der Waals surface area contributed by atoms with E-state index in [1.54, 1.807) is 7.11 Å². The van der Waals surface area contributed by atoms with Gasteiger partial charge in [-0.25, -0.2) is 0 Å². The van der Waals surface area contributed by atoms with Gasteiger partial charge < -0.3 is 15.8 Å². The monoisotopic (exact) mass is 250 g/mol. The number of benzene rings is 1. The number of hydrogen-bond acceptors (Lipinski definition) is 3. The zero-order valence-corrected chi connectivity index (χ0v) is 12.0. The molecule has 0 spiro atoms. The lowest BCUT2D eigenvalue weighted by atomic mass is 10.0. The molecule has 1 aromatic carbocycles. The Hall–Kier alpha value is -1.06. The highest BCUT2D eigenvalue weighted by Gasteiger charge is 2.09. The van der Waals surface area contributed by atoms with Crippen LogP contribution < -0.4 is 15.8 Å². The summed E-state index contributed by atoms with van der Waals surface area (Å²) in [5.41, 5.74) is 8.35. The Morgan fingerprint density at radius 3 is 2.67 bits per heavy atom. The van der Waals surface area contributed by atoms with E-state index < -0.39 is 0 Å². The predicted molar refractivity (Wildman–Crippen MR) is 76.9 cm³/mol. The highest BCUT2D eigenvalue weighted by molar-refractivity contribution is 5.36. The number of hydrogen-bond donors (Lipinski definition) is 2. The molecule has 0 bridgehead atoms. The molecule has 0 fully saturated rings. The fraction of sp³-hybridized carbons (Fsp3) is 0.600. The normalized spacial score (nSPS) is 11.6. The highest BCUT2D eigenvalue weighted by Crippen LogP contribution is 2.19. The average molecular weight is 250 g/mol. The molecule has 3 heteroatoms. The number of nitrogens with one attached hydrogen (secondary N) is 1. The second kappa shape index (κ2) is 6.76. The van der Waals surface area contributed by atoms with Gasteiger partial charge in [0.2, 0.25) is 0 Å². The Bertz CT molecular complexity index is 369. The van der Waals surface area contributed by atoms with Gasteiger partial charge in [-0.05, 0) is 46.2 Å². The van der Waals surface area contributed by atoms with Crippen LogP contribution in [-0.4, -0.2) is 19.2 Å². The lowest BCUT2D eigenvalue weighted by molar-refractivity contribution is 0.406. The van der Waals surface area contributed by atoms with Crippen LogP contribution in [-0.2, 0) is 6.54 Å². The van der Waals surface area contributed by atoms with Gasteiger partial charge in [0.25, 0.3) is 0 Å². The zero-order chi connectivity index (χ0) is 13.6. The molecule has 18 heavy (non-hydrogen) atoms. The Labute approximate surface area is 111 Å². The van der Waals surface area contributed by atoms with Gasteiger partial charge in [0, 0.05) is 17.6 Å². The van der Waals surface area contributed by atoms with E-state index in [9.17, 15) is 0 Å². The standard InChI is InChI=1S/C15H26N2O/c1-12-6-7-14(18-4)13(10-12)11-17-9-5-8-15(2,3)16/h6-7,10,17H,5,8-9,11,16H2,1-4H3. The van der Waals surface area contributed by atoms with Gasteiger partial charge in [0.1, 0.15) is 5.75 Å². The molecule has 0 atom stereocenters. The van der Waals surface area contributed by atoms with E-state index in [0.29, 0.717) is 0 Å². The lowest BCUT2D eigenvalue weighted by Gasteiger charge is -2.18. The Balaban J connectivity index is 2.37. The van der Waals surface area contributed by atoms with Gasteiger partial charge in [-0.2, -0.15) is 0 Å². The quantitative estimate of drug-likeness (QED) is 0.731. The van der Waals surface area contributed by atoms with Crippen molar-refractivity contribution in [2.24, 2.45) is 5.73 Å². The van der Waals surface area contributed by atoms with Crippen molar-refractivity contribution >= 4 is 0 Å². The SMILES string of the molecule is COc1ccc(C)cc1CNCCCC(C)(C)N. The third kappa shape index (κ3) is 5.52. The molecule has 0 saturated carbocycles. The number of aryl methyl sites for hydroxylation is 1. The largest absolute Gasteiger partial charge is 0.496 e. The smallest absolute Gasteiger partial charge is 0.123 e. The summed E-state index contributed by atoms with van der Waals surface area (Å²) in [5, 5.41) is 3.44. The molecule has 0 aliphatic carbocycles. The molecule has 102 valence electrons. The van der Waals surface area contributed by atoms with E-state index in [4.69, 9.17) is 10.5 Å². The predicted octanol–water partition coefficient (Wildman–Crippen LogP) is 2.61. The molecular formula is C15H26N2O. The molecular weight excluding hydrogens is 224 g/mol. The Morgan fingerprint density at radius 2 is 2.06 bits per heavy atom. The van der Waals surface area contributed by atoms with E-state index in [2.05, 4.69) is 38.2 Å². The first-order valence-corrected chi connectivity index (χ1v) is 6.55. The first-order valence-electron chi connectivity index (χ1n) is 6.55. The van der Waals surface area contributed by atoms with E-state index >= 15 is 0 Å². The van der Waals surface area contributed by atoms with Crippen LogP contribution in [0.1, 0.15) is 37.8 Å². The summed E-state index contributed by atoms with van der Waals surface area (Å²) in [4.78, 5) is 0. The minimum atomic E-state index is -0.0668. The number of nitrogens with two attached hydrogens (primary N) is 1. The molecule has 0 amide bonds. The van der Waals surface area contributed by atoms with Crippen LogP contribution in [0.3, 0.4) is 0 Å². The third-order valence-electron chi connectivity index (χ3n) is 2.93. The Morgan fingerprint density at radius 1 is 1.33 bits per heavy atom. The summed E-state index contributed by atoms with van der Waals surface area (Å²) in [5.74, 6) is 0.951. The maximum absolute atomic E-state index is 5.95. The van der Waals surface area contributed by atoms with Crippen LogP contribution in [0, 0.1) is 6.92 Å². The molecule has 3 nitrogen and oxygen atoms in total. The first kappa shape index (κ1) is 15.0. The average Bonchev–Trinajstić information content (AvgIpc) is 2.27. The molecule has 1 rings (SSSR count). The van der Waals surface area contributed by atoms with E-state index in [0.717, 1.165) is 31.7 Å². The number of rotatable bonds is 7. The maximum Gasteiger partial charge on any atom is 0.123 e. The van der Waals surface area contributed by atoms with E-state index in [1.165, 1.54) is 11.1 Å². The molecule has 0 unspecified atom stereocenters. The molecule has 3 N–H and O–H groups in total. The molecule has 1 aromatic rings. The summed E-state index contributed by atoms with van der Waals surface area (Å²) in [6.07, 6.45) is 2.13. The van der Waals surface area contributed by atoms with Crippen LogP contribution >= 0.6 is 0 Å². The van der Waals surface area contributed by atoms with Crippen molar-refractivity contribution in [2.75, 3.05) is 13.7 Å². The minimum Gasteiger partial charge on any atom is -0.496 e. The van der Waals surface area contributed by atoms with Gasteiger partial charge in [-0.15, -0.1) is 0 Å². The van der Waals surface area contributed by atoms with Gasteiger partial charge in [-0.3, -0.25) is 0 Å². The first-order chi connectivity index (χ1) is 8.42. The fourth-order valence-electron chi connectivity index (χ4n) is 1.94. The van der Waals surface area contributed by atoms with Crippen LogP contribution in [0.5, 0.6) is 5.75 Å². The van der Waals surface area contributed by atoms with Crippen molar-refractivity contribution in [2.45, 2.75) is 45.7 Å². The third-order valence-corrected chi connectivity index (χ3v) is 2.93. The zero-order valence-electron chi connectivity index (χ0n) is 12.0. The van der Waals surface area contributed by atoms with Crippen molar-refractivity contribution < 1.29 is 4.74 Å². The molecule has 0 aliphatic heterocycles. The lowest BCUT2D eigenvalue weighted by Crippen LogP contribution is -2.32. The molecule has 0 aliphatic rings. The van der Waals surface area contributed by atoms with Gasteiger partial charge in [0.15, 0.2) is 0 Å². The second-order valence-electron chi connectivity index (χ2n) is 5.58. The van der Waals surface area contributed by atoms with Crippen molar-refractivity contribution in [3.05, 3.63) is 29.3 Å². The van der Waals surface area contributed by atoms with E-state index in [-0.39, 0.29) is 5.54 Å². The minimum absolute atomic E-state index is 0.0668. The van der Waals surface area contributed by atoms with Crippen LogP contribution in [0.4, 0.5) is 0 Å². The molecule has 0 saturated heterocycles. The molecule has 0 heterocycles. The summed E-state index contributed by atoms with van der Waals surface area (Å²) < 4.78 is 5.35. The van der Waals surface area contributed by atoms with Crippen molar-refractivity contribution in [3.8, 4) is 5.75 Å².